The number of hydrogen-bond donors (Lipinski definition) is 2. The van der Waals surface area contributed by atoms with Crippen molar-refractivity contribution in [2.45, 2.75) is 0 Å². The Bertz CT molecular complexity index is 843. The number of aromatic amines is 1. The average molecular weight is 332 g/mol. The molecule has 22 heavy (non-hydrogen) atoms. The molecule has 0 spiro atoms. The lowest BCUT2D eigenvalue weighted by molar-refractivity contribution is 0.477. The van der Waals surface area contributed by atoms with Crippen LogP contribution in [0.25, 0.3) is 23.5 Å². The molecule has 0 bridgehead atoms. The Hall–Kier alpha value is -2.30. The van der Waals surface area contributed by atoms with Gasteiger partial charge in [0.05, 0.1) is 15.6 Å². The van der Waals surface area contributed by atoms with E-state index < -0.39 is 0 Å². The van der Waals surface area contributed by atoms with Crippen LogP contribution in [0.3, 0.4) is 0 Å². The summed E-state index contributed by atoms with van der Waals surface area (Å²) < 4.78 is 0. The van der Waals surface area contributed by atoms with Crippen molar-refractivity contribution in [3.63, 3.8) is 0 Å². The summed E-state index contributed by atoms with van der Waals surface area (Å²) in [5.41, 5.74) is 1.36. The summed E-state index contributed by atoms with van der Waals surface area (Å²) in [5.74, 6) is 1.11. The Morgan fingerprint density at radius 2 is 1.82 bits per heavy atom. The highest BCUT2D eigenvalue weighted by Gasteiger charge is 2.08. The van der Waals surface area contributed by atoms with Gasteiger partial charge in [0.25, 0.3) is 0 Å². The van der Waals surface area contributed by atoms with Gasteiger partial charge in [0.2, 0.25) is 0 Å². The Labute approximate surface area is 137 Å². The van der Waals surface area contributed by atoms with Crippen LogP contribution in [0.1, 0.15) is 11.4 Å². The Morgan fingerprint density at radius 1 is 1.00 bits per heavy atom. The maximum Gasteiger partial charge on any atom is 0.185 e. The number of H-pyrrole nitrogens is 1. The number of nitrogens with zero attached hydrogens (tertiary/aromatic N) is 2. The number of phenols is 1. The van der Waals surface area contributed by atoms with E-state index in [9.17, 15) is 5.11 Å². The van der Waals surface area contributed by atoms with Crippen LogP contribution in [0.4, 0.5) is 0 Å². The first-order valence-corrected chi connectivity index (χ1v) is 7.23. The van der Waals surface area contributed by atoms with Gasteiger partial charge in [-0.05, 0) is 35.9 Å². The van der Waals surface area contributed by atoms with Gasteiger partial charge in [0, 0.05) is 0 Å². The summed E-state index contributed by atoms with van der Waals surface area (Å²) >= 11 is 12.1. The van der Waals surface area contributed by atoms with Gasteiger partial charge in [-0.3, -0.25) is 5.10 Å². The van der Waals surface area contributed by atoms with Crippen LogP contribution in [0, 0.1) is 0 Å². The molecule has 2 aromatic carbocycles. The van der Waals surface area contributed by atoms with Crippen molar-refractivity contribution in [3.05, 3.63) is 63.9 Å². The van der Waals surface area contributed by atoms with E-state index in [2.05, 4.69) is 15.2 Å². The van der Waals surface area contributed by atoms with Gasteiger partial charge >= 0.3 is 0 Å². The van der Waals surface area contributed by atoms with E-state index in [4.69, 9.17) is 23.2 Å². The van der Waals surface area contributed by atoms with Crippen LogP contribution in [0.15, 0.2) is 42.5 Å². The quantitative estimate of drug-likeness (QED) is 0.734. The van der Waals surface area contributed by atoms with E-state index in [1.54, 1.807) is 36.4 Å². The zero-order chi connectivity index (χ0) is 15.5. The van der Waals surface area contributed by atoms with Crippen LogP contribution in [-0.2, 0) is 0 Å². The fourth-order valence-electron chi connectivity index (χ4n) is 1.95. The molecule has 4 nitrogen and oxygen atoms in total. The van der Waals surface area contributed by atoms with E-state index in [0.717, 1.165) is 5.56 Å². The average Bonchev–Trinajstić information content (AvgIpc) is 2.98. The molecule has 2 N–H and O–H groups in total. The van der Waals surface area contributed by atoms with Crippen molar-refractivity contribution in [1.29, 1.82) is 0 Å². The predicted molar refractivity (Wildman–Crippen MR) is 88.9 cm³/mol. The molecule has 1 heterocycles. The molecule has 0 saturated heterocycles. The number of nitrogens with one attached hydrogen (secondary N) is 1. The molecule has 0 fully saturated rings. The largest absolute Gasteiger partial charge is 0.507 e. The zero-order valence-electron chi connectivity index (χ0n) is 11.3. The molecule has 0 radical (unpaired) electrons. The van der Waals surface area contributed by atoms with E-state index >= 15 is 0 Å². The van der Waals surface area contributed by atoms with Gasteiger partial charge in [0.1, 0.15) is 11.6 Å². The SMILES string of the molecule is Oc1ccccc1-c1n[nH]c(/C=C/c2cccc(Cl)c2Cl)n1. The van der Waals surface area contributed by atoms with E-state index in [1.165, 1.54) is 0 Å². The number of hydrogen-bond acceptors (Lipinski definition) is 3. The van der Waals surface area contributed by atoms with Crippen LogP contribution in [-0.4, -0.2) is 20.3 Å². The van der Waals surface area contributed by atoms with E-state index in [1.807, 2.05) is 18.2 Å². The molecule has 0 aliphatic rings. The summed E-state index contributed by atoms with van der Waals surface area (Å²) in [6.07, 6.45) is 3.54. The number of para-hydroxylation sites is 1. The third-order valence-electron chi connectivity index (χ3n) is 3.05. The summed E-state index contributed by atoms with van der Waals surface area (Å²) in [6.45, 7) is 0. The van der Waals surface area contributed by atoms with Crippen molar-refractivity contribution in [2.75, 3.05) is 0 Å². The molecule has 0 saturated carbocycles. The summed E-state index contributed by atoms with van der Waals surface area (Å²) in [6, 6.07) is 12.3. The molecule has 0 amide bonds. The molecule has 110 valence electrons. The number of rotatable bonds is 3. The van der Waals surface area contributed by atoms with Crippen LogP contribution >= 0.6 is 23.2 Å². The third kappa shape index (κ3) is 2.98. The first-order chi connectivity index (χ1) is 10.6. The monoisotopic (exact) mass is 331 g/mol. The molecular formula is C16H11Cl2N3O. The van der Waals surface area contributed by atoms with Crippen LogP contribution < -0.4 is 0 Å². The second-order valence-electron chi connectivity index (χ2n) is 4.54. The van der Waals surface area contributed by atoms with Crippen molar-refractivity contribution < 1.29 is 5.11 Å². The molecule has 0 aliphatic heterocycles. The zero-order valence-corrected chi connectivity index (χ0v) is 12.8. The predicted octanol–water partition coefficient (Wildman–Crippen LogP) is 4.65. The molecule has 0 unspecified atom stereocenters. The molecule has 3 aromatic rings. The second-order valence-corrected chi connectivity index (χ2v) is 5.32. The molecule has 1 aromatic heterocycles. The van der Waals surface area contributed by atoms with Crippen molar-refractivity contribution in [3.8, 4) is 17.1 Å². The summed E-state index contributed by atoms with van der Waals surface area (Å²) in [7, 11) is 0. The minimum atomic E-state index is 0.134. The van der Waals surface area contributed by atoms with Gasteiger partial charge in [-0.15, -0.1) is 0 Å². The first-order valence-electron chi connectivity index (χ1n) is 6.48. The van der Waals surface area contributed by atoms with E-state index in [-0.39, 0.29) is 5.75 Å². The second kappa shape index (κ2) is 6.22. The smallest absolute Gasteiger partial charge is 0.185 e. The Morgan fingerprint density at radius 3 is 2.64 bits per heavy atom. The van der Waals surface area contributed by atoms with Crippen LogP contribution in [0.2, 0.25) is 10.0 Å². The molecule has 0 atom stereocenters. The lowest BCUT2D eigenvalue weighted by atomic mass is 10.2. The third-order valence-corrected chi connectivity index (χ3v) is 3.88. The first kappa shape index (κ1) is 14.6. The molecule has 0 aliphatic carbocycles. The van der Waals surface area contributed by atoms with Crippen molar-refractivity contribution in [1.82, 2.24) is 15.2 Å². The highest BCUT2D eigenvalue weighted by molar-refractivity contribution is 6.42. The Balaban J connectivity index is 1.87. The molecule has 6 heteroatoms. The van der Waals surface area contributed by atoms with Gasteiger partial charge in [-0.2, -0.15) is 5.10 Å². The van der Waals surface area contributed by atoms with Gasteiger partial charge in [-0.1, -0.05) is 47.5 Å². The lowest BCUT2D eigenvalue weighted by Crippen LogP contribution is -1.81. The van der Waals surface area contributed by atoms with Crippen LogP contribution in [0.5, 0.6) is 5.75 Å². The highest BCUT2D eigenvalue weighted by Crippen LogP contribution is 2.27. The maximum atomic E-state index is 9.80. The van der Waals surface area contributed by atoms with E-state index in [0.29, 0.717) is 27.3 Å². The summed E-state index contributed by atoms with van der Waals surface area (Å²) in [5, 5.41) is 17.7. The van der Waals surface area contributed by atoms with Gasteiger partial charge < -0.3 is 5.11 Å². The highest BCUT2D eigenvalue weighted by atomic mass is 35.5. The van der Waals surface area contributed by atoms with Gasteiger partial charge in [0.15, 0.2) is 5.82 Å². The number of aromatic hydroxyl groups is 1. The number of aromatic nitrogens is 3. The number of phenolic OH excluding ortho intramolecular Hbond substituents is 1. The topological polar surface area (TPSA) is 61.8 Å². The Kier molecular flexibility index (Phi) is 4.13. The van der Waals surface area contributed by atoms with Crippen molar-refractivity contribution >= 4 is 35.4 Å². The maximum absolute atomic E-state index is 9.80. The number of benzene rings is 2. The summed E-state index contributed by atoms with van der Waals surface area (Å²) in [4.78, 5) is 4.32. The normalized spacial score (nSPS) is 11.2. The van der Waals surface area contributed by atoms with Gasteiger partial charge in [-0.25, -0.2) is 4.98 Å². The van der Waals surface area contributed by atoms with Crippen molar-refractivity contribution in [2.24, 2.45) is 0 Å². The number of halogens is 2. The standard InChI is InChI=1S/C16H11Cl2N3O/c17-12-6-3-4-10(15(12)18)8-9-14-19-16(21-20-14)11-5-1-2-7-13(11)22/h1-9,22H,(H,19,20,21)/b9-8+. The minimum absolute atomic E-state index is 0.134. The fraction of sp³-hybridized carbons (Fsp3) is 0. The molecular weight excluding hydrogens is 321 g/mol. The minimum Gasteiger partial charge on any atom is -0.507 e. The molecule has 3 rings (SSSR count). The fourth-order valence-corrected chi connectivity index (χ4v) is 2.32. The lowest BCUT2D eigenvalue weighted by Gasteiger charge is -1.99.